The van der Waals surface area contributed by atoms with Crippen LogP contribution < -0.4 is 0 Å². The molecule has 0 nitrogen and oxygen atoms in total. The molecule has 2 aromatic rings. The van der Waals surface area contributed by atoms with Gasteiger partial charge < -0.3 is 0 Å². The summed E-state index contributed by atoms with van der Waals surface area (Å²) in [4.78, 5) is 0. The van der Waals surface area contributed by atoms with Crippen molar-refractivity contribution in [3.63, 3.8) is 0 Å². The normalized spacial score (nSPS) is 14.9. The highest BCUT2D eigenvalue weighted by Gasteiger charge is 2.49. The van der Waals surface area contributed by atoms with Gasteiger partial charge >= 0.3 is 0 Å². The van der Waals surface area contributed by atoms with Crippen LogP contribution in [0.1, 0.15) is 41.5 Å². The topological polar surface area (TPSA) is 0 Å². The fourth-order valence-corrected chi connectivity index (χ4v) is 8.97. The van der Waals surface area contributed by atoms with Crippen molar-refractivity contribution in [1.29, 1.82) is 0 Å². The van der Waals surface area contributed by atoms with Crippen LogP contribution in [0.3, 0.4) is 0 Å². The van der Waals surface area contributed by atoms with E-state index in [1.54, 1.807) is 11.3 Å². The van der Waals surface area contributed by atoms with Crippen LogP contribution in [0.5, 0.6) is 0 Å². The van der Waals surface area contributed by atoms with Gasteiger partial charge in [0.15, 0.2) is 0 Å². The molecular formula is C16H23FS2. The maximum Gasteiger partial charge on any atom is 0.0720 e. The average molecular weight is 298 g/mol. The summed E-state index contributed by atoms with van der Waals surface area (Å²) in [7, 11) is -2.39. The molecule has 3 heteroatoms. The van der Waals surface area contributed by atoms with Gasteiger partial charge in [0.05, 0.1) is 4.21 Å². The van der Waals surface area contributed by atoms with E-state index < -0.39 is 10.4 Å². The van der Waals surface area contributed by atoms with Crippen molar-refractivity contribution in [3.8, 4) is 0 Å². The maximum absolute atomic E-state index is 16.1. The lowest BCUT2D eigenvalue weighted by atomic mass is 10.2. The summed E-state index contributed by atoms with van der Waals surface area (Å²) in [6.45, 7) is 12.2. The van der Waals surface area contributed by atoms with Gasteiger partial charge in [-0.25, -0.2) is 0 Å². The molecule has 1 aromatic heterocycles. The smallest absolute Gasteiger partial charge is 0.0720 e. The predicted octanol–water partition coefficient (Wildman–Crippen LogP) is 6.55. The maximum atomic E-state index is 16.1. The molecule has 0 aliphatic heterocycles. The average Bonchev–Trinajstić information content (AvgIpc) is 2.68. The molecule has 1 heterocycles. The second-order valence-corrected chi connectivity index (χ2v) is 12.2. The molecule has 106 valence electrons. The van der Waals surface area contributed by atoms with E-state index in [2.05, 4.69) is 18.2 Å². The number of benzene rings is 1. The number of thiophene rings is 1. The first-order valence-electron chi connectivity index (χ1n) is 6.58. The van der Waals surface area contributed by atoms with E-state index in [1.807, 2.05) is 53.7 Å². The molecular weight excluding hydrogens is 275 g/mol. The molecule has 2 rings (SSSR count). The first kappa shape index (κ1) is 14.9. The molecule has 0 spiro atoms. The molecule has 0 aliphatic rings. The molecule has 19 heavy (non-hydrogen) atoms. The molecule has 0 bridgehead atoms. The van der Waals surface area contributed by atoms with Crippen molar-refractivity contribution in [2.45, 2.75) is 55.2 Å². The Balaban J connectivity index is 2.69. The van der Waals surface area contributed by atoms with E-state index in [0.717, 1.165) is 9.60 Å². The quantitative estimate of drug-likeness (QED) is 0.560. The molecule has 0 saturated carbocycles. The molecule has 0 saturated heterocycles. The highest BCUT2D eigenvalue weighted by molar-refractivity contribution is 8.32. The first-order chi connectivity index (χ1) is 8.57. The fourth-order valence-electron chi connectivity index (χ4n) is 2.62. The summed E-state index contributed by atoms with van der Waals surface area (Å²) in [6, 6.07) is 10.2. The zero-order chi connectivity index (χ0) is 14.5. The summed E-state index contributed by atoms with van der Waals surface area (Å²) in [5, 5.41) is 1.16. The SMILES string of the molecule is CC(C)(C)S(F)(c1cc2ccccc2s1)C(C)(C)C. The largest absolute Gasteiger partial charge is 0.183 e. The van der Waals surface area contributed by atoms with Crippen LogP contribution in [0.2, 0.25) is 0 Å². The van der Waals surface area contributed by atoms with Crippen molar-refractivity contribution in [1.82, 2.24) is 0 Å². The number of halogens is 1. The predicted molar refractivity (Wildman–Crippen MR) is 88.3 cm³/mol. The fraction of sp³-hybridized carbons (Fsp3) is 0.500. The summed E-state index contributed by atoms with van der Waals surface area (Å²) in [5.74, 6) is 0. The van der Waals surface area contributed by atoms with Crippen LogP contribution in [-0.2, 0) is 0 Å². The molecule has 0 aliphatic carbocycles. The van der Waals surface area contributed by atoms with Crippen LogP contribution in [0, 0.1) is 0 Å². The van der Waals surface area contributed by atoms with E-state index >= 15 is 3.89 Å². The zero-order valence-electron chi connectivity index (χ0n) is 12.6. The molecule has 0 fully saturated rings. The van der Waals surface area contributed by atoms with Crippen molar-refractivity contribution < 1.29 is 3.89 Å². The second-order valence-electron chi connectivity index (χ2n) is 6.87. The van der Waals surface area contributed by atoms with Crippen molar-refractivity contribution in [3.05, 3.63) is 30.3 Å². The summed E-state index contributed by atoms with van der Waals surface area (Å²) >= 11 is 1.62. The lowest BCUT2D eigenvalue weighted by Gasteiger charge is -2.51. The van der Waals surface area contributed by atoms with Crippen LogP contribution in [-0.4, -0.2) is 9.49 Å². The van der Waals surface area contributed by atoms with Gasteiger partial charge in [-0.2, -0.15) is 3.89 Å². The number of hydrogen-bond acceptors (Lipinski definition) is 1. The van der Waals surface area contributed by atoms with E-state index in [1.165, 1.54) is 4.70 Å². The highest BCUT2D eigenvalue weighted by atomic mass is 32.3. The molecule has 0 unspecified atom stereocenters. The van der Waals surface area contributed by atoms with Gasteiger partial charge in [0.2, 0.25) is 0 Å². The Morgan fingerprint density at radius 2 is 1.47 bits per heavy atom. The van der Waals surface area contributed by atoms with Crippen molar-refractivity contribution >= 4 is 31.8 Å². The third-order valence-corrected chi connectivity index (χ3v) is 9.27. The molecule has 1 aromatic carbocycles. The van der Waals surface area contributed by atoms with Gasteiger partial charge in [0.1, 0.15) is 0 Å². The monoisotopic (exact) mass is 298 g/mol. The summed E-state index contributed by atoms with van der Waals surface area (Å²) in [5.41, 5.74) is 0. The summed E-state index contributed by atoms with van der Waals surface area (Å²) < 4.78 is 17.5. The lowest BCUT2D eigenvalue weighted by Crippen LogP contribution is -2.35. The van der Waals surface area contributed by atoms with Crippen LogP contribution >= 0.6 is 21.8 Å². The number of hydrogen-bond donors (Lipinski definition) is 0. The summed E-state index contributed by atoms with van der Waals surface area (Å²) in [6.07, 6.45) is 0. The van der Waals surface area contributed by atoms with Gasteiger partial charge in [0.25, 0.3) is 0 Å². The zero-order valence-corrected chi connectivity index (χ0v) is 14.2. The Kier molecular flexibility index (Phi) is 3.51. The van der Waals surface area contributed by atoms with E-state index in [-0.39, 0.29) is 9.49 Å². The standard InChI is InChI=1S/C16H23FS2/c1-15(2,3)19(17,16(4,5)6)14-11-12-9-7-8-10-13(12)18-14/h7-11H,1-6H3. The van der Waals surface area contributed by atoms with E-state index in [4.69, 9.17) is 0 Å². The number of fused-ring (bicyclic) bond motifs is 1. The second kappa shape index (κ2) is 4.49. The Labute approximate surface area is 121 Å². The van der Waals surface area contributed by atoms with E-state index in [0.29, 0.717) is 0 Å². The van der Waals surface area contributed by atoms with E-state index in [9.17, 15) is 0 Å². The van der Waals surface area contributed by atoms with Gasteiger partial charge in [-0.15, -0.1) is 11.3 Å². The van der Waals surface area contributed by atoms with Crippen molar-refractivity contribution in [2.24, 2.45) is 0 Å². The molecule has 0 radical (unpaired) electrons. The third-order valence-electron chi connectivity index (χ3n) is 3.37. The van der Waals surface area contributed by atoms with Crippen molar-refractivity contribution in [2.75, 3.05) is 0 Å². The van der Waals surface area contributed by atoms with Gasteiger partial charge in [-0.05, 0) is 69.5 Å². The molecule has 0 amide bonds. The Morgan fingerprint density at radius 1 is 0.947 bits per heavy atom. The van der Waals surface area contributed by atoms with Crippen LogP contribution in [0.4, 0.5) is 3.89 Å². The van der Waals surface area contributed by atoms with Crippen LogP contribution in [0.25, 0.3) is 10.1 Å². The minimum absolute atomic E-state index is 0.355. The van der Waals surface area contributed by atoms with Crippen LogP contribution in [0.15, 0.2) is 34.5 Å². The highest BCUT2D eigenvalue weighted by Crippen LogP contribution is 2.75. The van der Waals surface area contributed by atoms with Gasteiger partial charge in [-0.3, -0.25) is 0 Å². The Hall–Kier alpha value is -0.540. The minimum atomic E-state index is -2.39. The lowest BCUT2D eigenvalue weighted by molar-refractivity contribution is 0.643. The minimum Gasteiger partial charge on any atom is -0.183 e. The Morgan fingerprint density at radius 3 is 1.95 bits per heavy atom. The van der Waals surface area contributed by atoms with Gasteiger partial charge in [-0.1, -0.05) is 18.2 Å². The first-order valence-corrected chi connectivity index (χ1v) is 8.93. The van der Waals surface area contributed by atoms with Gasteiger partial charge in [0, 0.05) is 14.2 Å². The Bertz CT molecular complexity index is 538. The molecule has 0 N–H and O–H groups in total. The third kappa shape index (κ3) is 2.31. The number of rotatable bonds is 1. The molecule has 0 atom stereocenters.